The molecule has 1 aliphatic heterocycles. The van der Waals surface area contributed by atoms with Crippen LogP contribution in [0.25, 0.3) is 10.7 Å². The van der Waals surface area contributed by atoms with Gasteiger partial charge in [0.25, 0.3) is 5.91 Å². The summed E-state index contributed by atoms with van der Waals surface area (Å²) in [5.41, 5.74) is 1.26. The van der Waals surface area contributed by atoms with Gasteiger partial charge in [0.2, 0.25) is 18.5 Å². The highest BCUT2D eigenvalue weighted by molar-refractivity contribution is 7.16. The Morgan fingerprint density at radius 3 is 2.89 bits per heavy atom. The molecule has 0 bridgehead atoms. The predicted octanol–water partition coefficient (Wildman–Crippen LogP) is 4.36. The summed E-state index contributed by atoms with van der Waals surface area (Å²) in [6, 6.07) is 7.03. The maximum absolute atomic E-state index is 12.6. The molecule has 27 heavy (non-hydrogen) atoms. The maximum Gasteiger partial charge on any atom is 0.255 e. The van der Waals surface area contributed by atoms with Gasteiger partial charge in [-0.1, -0.05) is 11.6 Å². The van der Waals surface area contributed by atoms with E-state index in [9.17, 15) is 4.79 Å². The number of nitrogens with zero attached hydrogens (tertiary/aromatic N) is 2. The zero-order valence-corrected chi connectivity index (χ0v) is 15.5. The number of aromatic nitrogens is 2. The van der Waals surface area contributed by atoms with Crippen molar-refractivity contribution in [2.24, 2.45) is 0 Å². The number of hydrogen-bond acceptors (Lipinski definition) is 7. The average molecular weight is 383 g/mol. The van der Waals surface area contributed by atoms with Gasteiger partial charge in [-0.2, -0.15) is 4.98 Å². The lowest BCUT2D eigenvalue weighted by molar-refractivity contribution is 0.102. The lowest BCUT2D eigenvalue weighted by atomic mass is 9.85. The lowest BCUT2D eigenvalue weighted by Gasteiger charge is -2.20. The molecule has 5 rings (SSSR count). The summed E-state index contributed by atoms with van der Waals surface area (Å²) in [5, 5.41) is 7.05. The van der Waals surface area contributed by atoms with Crippen LogP contribution in [0.1, 0.15) is 46.3 Å². The van der Waals surface area contributed by atoms with Crippen molar-refractivity contribution in [3.63, 3.8) is 0 Å². The molecule has 0 radical (unpaired) electrons. The van der Waals surface area contributed by atoms with E-state index in [0.717, 1.165) is 28.3 Å². The summed E-state index contributed by atoms with van der Waals surface area (Å²) in [7, 11) is 0. The SMILES string of the molecule is Cc1sc(-c2noc(C3CCC3)n2)cc1NC(=O)c1ccc2c(c1)OCO2. The zero-order valence-electron chi connectivity index (χ0n) is 14.7. The number of amides is 1. The van der Waals surface area contributed by atoms with Crippen molar-refractivity contribution < 1.29 is 18.8 Å². The molecule has 1 fully saturated rings. The number of carbonyl (C=O) groups excluding carboxylic acids is 1. The highest BCUT2D eigenvalue weighted by Crippen LogP contribution is 2.38. The van der Waals surface area contributed by atoms with Gasteiger partial charge in [-0.15, -0.1) is 11.3 Å². The summed E-state index contributed by atoms with van der Waals surface area (Å²) in [5.74, 6) is 2.73. The topological polar surface area (TPSA) is 86.5 Å². The minimum absolute atomic E-state index is 0.181. The normalized spacial score (nSPS) is 15.6. The molecule has 2 aromatic heterocycles. The number of fused-ring (bicyclic) bond motifs is 1. The number of rotatable bonds is 4. The van der Waals surface area contributed by atoms with Crippen LogP contribution in [0.3, 0.4) is 0 Å². The number of benzene rings is 1. The van der Waals surface area contributed by atoms with Crippen molar-refractivity contribution in [1.82, 2.24) is 10.1 Å². The highest BCUT2D eigenvalue weighted by atomic mass is 32.1. The van der Waals surface area contributed by atoms with Crippen LogP contribution in [0, 0.1) is 6.92 Å². The second-order valence-corrected chi connectivity index (χ2v) is 7.94. The van der Waals surface area contributed by atoms with Crippen LogP contribution >= 0.6 is 11.3 Å². The van der Waals surface area contributed by atoms with Crippen LogP contribution in [0.4, 0.5) is 5.69 Å². The van der Waals surface area contributed by atoms with E-state index in [1.165, 1.54) is 17.8 Å². The molecule has 1 N–H and O–H groups in total. The van der Waals surface area contributed by atoms with Crippen molar-refractivity contribution in [3.05, 3.63) is 40.6 Å². The van der Waals surface area contributed by atoms with Gasteiger partial charge >= 0.3 is 0 Å². The second-order valence-electron chi connectivity index (χ2n) is 6.69. The summed E-state index contributed by atoms with van der Waals surface area (Å²) in [6.45, 7) is 2.14. The van der Waals surface area contributed by atoms with Crippen molar-refractivity contribution in [2.45, 2.75) is 32.1 Å². The molecular weight excluding hydrogens is 366 g/mol. The Morgan fingerprint density at radius 2 is 2.07 bits per heavy atom. The Labute approximate surface area is 159 Å². The molecule has 8 heteroatoms. The molecule has 0 unspecified atom stereocenters. The molecule has 138 valence electrons. The molecule has 3 heterocycles. The van der Waals surface area contributed by atoms with Gasteiger partial charge < -0.3 is 19.3 Å². The Morgan fingerprint density at radius 1 is 1.22 bits per heavy atom. The first-order chi connectivity index (χ1) is 13.2. The number of hydrogen-bond donors (Lipinski definition) is 1. The number of anilines is 1. The Balaban J connectivity index is 1.35. The van der Waals surface area contributed by atoms with Crippen molar-refractivity contribution >= 4 is 22.9 Å². The number of ether oxygens (including phenoxy) is 2. The van der Waals surface area contributed by atoms with Crippen molar-refractivity contribution in [1.29, 1.82) is 0 Å². The number of aryl methyl sites for hydroxylation is 1. The number of carbonyl (C=O) groups is 1. The smallest absolute Gasteiger partial charge is 0.255 e. The van der Waals surface area contributed by atoms with Crippen molar-refractivity contribution in [3.8, 4) is 22.2 Å². The first-order valence-corrected chi connectivity index (χ1v) is 9.64. The zero-order chi connectivity index (χ0) is 18.4. The van der Waals surface area contributed by atoms with Crippen LogP contribution in [-0.4, -0.2) is 22.8 Å². The molecule has 0 saturated heterocycles. The van der Waals surface area contributed by atoms with Gasteiger partial charge in [0.15, 0.2) is 11.5 Å². The van der Waals surface area contributed by atoms with E-state index in [1.54, 1.807) is 18.2 Å². The van der Waals surface area contributed by atoms with Gasteiger partial charge in [-0.3, -0.25) is 4.79 Å². The van der Waals surface area contributed by atoms with Crippen molar-refractivity contribution in [2.75, 3.05) is 12.1 Å². The van der Waals surface area contributed by atoms with Gasteiger partial charge in [-0.05, 0) is 44.0 Å². The molecule has 1 amide bonds. The second kappa shape index (κ2) is 6.38. The van der Waals surface area contributed by atoms with Gasteiger partial charge in [0.1, 0.15) is 0 Å². The summed E-state index contributed by atoms with van der Waals surface area (Å²) >= 11 is 1.53. The Hall–Kier alpha value is -2.87. The van der Waals surface area contributed by atoms with Gasteiger partial charge in [0, 0.05) is 16.4 Å². The third-order valence-electron chi connectivity index (χ3n) is 4.92. The molecule has 7 nitrogen and oxygen atoms in total. The fraction of sp³-hybridized carbons (Fsp3) is 0.316. The maximum atomic E-state index is 12.6. The third kappa shape index (κ3) is 2.95. The molecular formula is C19H17N3O4S. The van der Waals surface area contributed by atoms with Gasteiger partial charge in [0.05, 0.1) is 10.6 Å². The molecule has 2 aliphatic rings. The Bertz CT molecular complexity index is 1020. The number of nitrogens with one attached hydrogen (secondary N) is 1. The average Bonchev–Trinajstić information content (AvgIpc) is 3.33. The van der Waals surface area contributed by atoms with E-state index in [-0.39, 0.29) is 12.7 Å². The monoisotopic (exact) mass is 383 g/mol. The largest absolute Gasteiger partial charge is 0.454 e. The molecule has 1 aromatic carbocycles. The van der Waals surface area contributed by atoms with E-state index in [4.69, 9.17) is 14.0 Å². The summed E-state index contributed by atoms with van der Waals surface area (Å²) < 4.78 is 16.0. The highest BCUT2D eigenvalue weighted by Gasteiger charge is 2.26. The van der Waals surface area contributed by atoms with Crippen LogP contribution < -0.4 is 14.8 Å². The fourth-order valence-electron chi connectivity index (χ4n) is 3.10. The molecule has 0 atom stereocenters. The Kier molecular flexibility index (Phi) is 3.86. The molecule has 0 spiro atoms. The predicted molar refractivity (Wildman–Crippen MR) is 99.5 cm³/mol. The summed E-state index contributed by atoms with van der Waals surface area (Å²) in [6.07, 6.45) is 3.44. The van der Waals surface area contributed by atoms with E-state index in [1.807, 2.05) is 13.0 Å². The van der Waals surface area contributed by atoms with E-state index in [0.29, 0.717) is 34.7 Å². The number of thiophene rings is 1. The molecule has 1 aliphatic carbocycles. The summed E-state index contributed by atoms with van der Waals surface area (Å²) in [4.78, 5) is 19.0. The van der Waals surface area contributed by atoms with E-state index < -0.39 is 0 Å². The van der Waals surface area contributed by atoms with Crippen LogP contribution in [0.5, 0.6) is 11.5 Å². The quantitative estimate of drug-likeness (QED) is 0.721. The first-order valence-electron chi connectivity index (χ1n) is 8.83. The fourth-order valence-corrected chi connectivity index (χ4v) is 4.01. The lowest BCUT2D eigenvalue weighted by Crippen LogP contribution is -2.11. The van der Waals surface area contributed by atoms with Gasteiger partial charge in [-0.25, -0.2) is 0 Å². The van der Waals surface area contributed by atoms with Crippen LogP contribution in [-0.2, 0) is 0 Å². The van der Waals surface area contributed by atoms with Crippen LogP contribution in [0.15, 0.2) is 28.8 Å². The minimum Gasteiger partial charge on any atom is -0.454 e. The molecule has 1 saturated carbocycles. The minimum atomic E-state index is -0.205. The van der Waals surface area contributed by atoms with E-state index >= 15 is 0 Å². The first kappa shape index (κ1) is 16.3. The standard InChI is InChI=1S/C19H17N3O4S/c1-10-13(20-18(23)12-5-6-14-15(7-12)25-9-24-14)8-16(27-10)17-21-19(26-22-17)11-3-2-4-11/h5-8,11H,2-4,9H2,1H3,(H,20,23). The molecule has 3 aromatic rings. The van der Waals surface area contributed by atoms with E-state index in [2.05, 4.69) is 15.5 Å². The van der Waals surface area contributed by atoms with Crippen LogP contribution in [0.2, 0.25) is 0 Å². The third-order valence-corrected chi connectivity index (χ3v) is 5.96.